The molecule has 2 aliphatic rings. The summed E-state index contributed by atoms with van der Waals surface area (Å²) < 4.78 is 0. The SMILES string of the molecule is O=C(CC12CCCN1CCC2)NNC(=O)c1ccc(O)cc1. The molecule has 3 N–H and O–H groups in total. The number of aromatic hydroxyl groups is 1. The number of benzene rings is 1. The molecular weight excluding hydrogens is 282 g/mol. The lowest BCUT2D eigenvalue weighted by Gasteiger charge is -2.31. The molecule has 3 rings (SSSR count). The topological polar surface area (TPSA) is 81.7 Å². The number of carbonyl (C=O) groups excluding carboxylic acids is 2. The highest BCUT2D eigenvalue weighted by molar-refractivity contribution is 5.95. The third-order valence-electron chi connectivity index (χ3n) is 4.75. The van der Waals surface area contributed by atoms with Gasteiger partial charge in [0.25, 0.3) is 5.91 Å². The van der Waals surface area contributed by atoms with Crippen LogP contribution in [0.4, 0.5) is 0 Å². The average molecular weight is 303 g/mol. The fourth-order valence-electron chi connectivity index (χ4n) is 3.67. The van der Waals surface area contributed by atoms with Gasteiger partial charge < -0.3 is 5.11 Å². The van der Waals surface area contributed by atoms with E-state index in [1.165, 1.54) is 24.3 Å². The van der Waals surface area contributed by atoms with E-state index in [0.29, 0.717) is 12.0 Å². The number of phenolic OH excluding ortho intramolecular Hbond substituents is 1. The molecule has 0 saturated carbocycles. The molecular formula is C16H21N3O3. The number of phenols is 1. The monoisotopic (exact) mass is 303 g/mol. The number of rotatable bonds is 3. The molecule has 0 unspecified atom stereocenters. The molecule has 118 valence electrons. The van der Waals surface area contributed by atoms with E-state index in [1.54, 1.807) is 0 Å². The molecule has 2 amide bonds. The van der Waals surface area contributed by atoms with Gasteiger partial charge in [0.1, 0.15) is 5.75 Å². The Balaban J connectivity index is 1.52. The first-order valence-corrected chi connectivity index (χ1v) is 7.72. The molecule has 0 radical (unpaired) electrons. The maximum atomic E-state index is 12.1. The van der Waals surface area contributed by atoms with Crippen molar-refractivity contribution in [3.8, 4) is 5.75 Å². The average Bonchev–Trinajstić information content (AvgIpc) is 3.04. The quantitative estimate of drug-likeness (QED) is 0.732. The molecule has 22 heavy (non-hydrogen) atoms. The number of nitrogens with one attached hydrogen (secondary N) is 2. The maximum Gasteiger partial charge on any atom is 0.269 e. The molecule has 0 aromatic heterocycles. The maximum absolute atomic E-state index is 12.1. The van der Waals surface area contributed by atoms with Crippen LogP contribution < -0.4 is 10.9 Å². The molecule has 1 aromatic carbocycles. The summed E-state index contributed by atoms with van der Waals surface area (Å²) in [5, 5.41) is 9.20. The third kappa shape index (κ3) is 2.92. The molecule has 6 heteroatoms. The second-order valence-electron chi connectivity index (χ2n) is 6.14. The van der Waals surface area contributed by atoms with Crippen molar-refractivity contribution in [2.45, 2.75) is 37.6 Å². The van der Waals surface area contributed by atoms with Crippen molar-refractivity contribution in [1.82, 2.24) is 15.8 Å². The van der Waals surface area contributed by atoms with Gasteiger partial charge in [-0.05, 0) is 63.0 Å². The summed E-state index contributed by atoms with van der Waals surface area (Å²) in [5.41, 5.74) is 5.33. The first kappa shape index (κ1) is 14.8. The van der Waals surface area contributed by atoms with Crippen molar-refractivity contribution in [1.29, 1.82) is 0 Å². The fourth-order valence-corrected chi connectivity index (χ4v) is 3.67. The van der Waals surface area contributed by atoms with Gasteiger partial charge >= 0.3 is 0 Å². The Bertz CT molecular complexity index is 561. The Morgan fingerprint density at radius 1 is 1.09 bits per heavy atom. The smallest absolute Gasteiger partial charge is 0.269 e. The number of hydrazine groups is 1. The predicted molar refractivity (Wildman–Crippen MR) is 81.1 cm³/mol. The van der Waals surface area contributed by atoms with E-state index in [0.717, 1.165) is 38.8 Å². The van der Waals surface area contributed by atoms with Crippen LogP contribution in [0.2, 0.25) is 0 Å². The number of fused-ring (bicyclic) bond motifs is 1. The normalized spacial score (nSPS) is 19.6. The van der Waals surface area contributed by atoms with Crippen LogP contribution in [0, 0.1) is 0 Å². The van der Waals surface area contributed by atoms with Crippen LogP contribution >= 0.6 is 0 Å². The Hall–Kier alpha value is -2.08. The van der Waals surface area contributed by atoms with Gasteiger partial charge in [-0.2, -0.15) is 0 Å². The lowest BCUT2D eigenvalue weighted by molar-refractivity contribution is -0.124. The zero-order chi connectivity index (χ0) is 15.6. The second-order valence-corrected chi connectivity index (χ2v) is 6.14. The van der Waals surface area contributed by atoms with E-state index >= 15 is 0 Å². The van der Waals surface area contributed by atoms with Gasteiger partial charge in [0.15, 0.2) is 0 Å². The van der Waals surface area contributed by atoms with Crippen LogP contribution in [0.3, 0.4) is 0 Å². The molecule has 0 aliphatic carbocycles. The molecule has 2 fully saturated rings. The molecule has 1 aromatic rings. The Morgan fingerprint density at radius 2 is 1.73 bits per heavy atom. The minimum absolute atomic E-state index is 0.00729. The molecule has 2 heterocycles. The van der Waals surface area contributed by atoms with Crippen LogP contribution in [0.25, 0.3) is 0 Å². The van der Waals surface area contributed by atoms with Gasteiger partial charge in [-0.3, -0.25) is 25.3 Å². The summed E-state index contributed by atoms with van der Waals surface area (Å²) in [4.78, 5) is 26.5. The van der Waals surface area contributed by atoms with E-state index in [4.69, 9.17) is 0 Å². The van der Waals surface area contributed by atoms with E-state index in [-0.39, 0.29) is 23.1 Å². The largest absolute Gasteiger partial charge is 0.508 e. The van der Waals surface area contributed by atoms with Gasteiger partial charge in [-0.1, -0.05) is 0 Å². The highest BCUT2D eigenvalue weighted by Crippen LogP contribution is 2.41. The Kier molecular flexibility index (Phi) is 4.02. The second kappa shape index (κ2) is 5.96. The highest BCUT2D eigenvalue weighted by Gasteiger charge is 2.45. The summed E-state index contributed by atoms with van der Waals surface area (Å²) in [7, 11) is 0. The van der Waals surface area contributed by atoms with Crippen molar-refractivity contribution in [3.05, 3.63) is 29.8 Å². The molecule has 2 aliphatic heterocycles. The van der Waals surface area contributed by atoms with Gasteiger partial charge in [0.2, 0.25) is 5.91 Å². The minimum atomic E-state index is -0.388. The van der Waals surface area contributed by atoms with Gasteiger partial charge in [0, 0.05) is 17.5 Å². The van der Waals surface area contributed by atoms with E-state index in [9.17, 15) is 14.7 Å². The zero-order valence-electron chi connectivity index (χ0n) is 12.5. The molecule has 0 atom stereocenters. The zero-order valence-corrected chi connectivity index (χ0v) is 12.5. The number of amides is 2. The minimum Gasteiger partial charge on any atom is -0.508 e. The van der Waals surface area contributed by atoms with Gasteiger partial charge in [0.05, 0.1) is 0 Å². The summed E-state index contributed by atoms with van der Waals surface area (Å²) in [6.45, 7) is 2.15. The molecule has 2 saturated heterocycles. The Morgan fingerprint density at radius 3 is 2.36 bits per heavy atom. The van der Waals surface area contributed by atoms with Gasteiger partial charge in [-0.25, -0.2) is 0 Å². The lowest BCUT2D eigenvalue weighted by Crippen LogP contribution is -2.47. The molecule has 6 nitrogen and oxygen atoms in total. The van der Waals surface area contributed by atoms with E-state index in [2.05, 4.69) is 15.8 Å². The molecule has 0 bridgehead atoms. The van der Waals surface area contributed by atoms with Crippen LogP contribution in [0.15, 0.2) is 24.3 Å². The highest BCUT2D eigenvalue weighted by atomic mass is 16.3. The van der Waals surface area contributed by atoms with Crippen molar-refractivity contribution in [3.63, 3.8) is 0 Å². The number of nitrogens with zero attached hydrogens (tertiary/aromatic N) is 1. The summed E-state index contributed by atoms with van der Waals surface area (Å²) in [6, 6.07) is 5.88. The van der Waals surface area contributed by atoms with Crippen molar-refractivity contribution in [2.75, 3.05) is 13.1 Å². The van der Waals surface area contributed by atoms with Crippen LogP contribution in [-0.2, 0) is 4.79 Å². The summed E-state index contributed by atoms with van der Waals surface area (Å²) in [5.74, 6) is -0.441. The number of hydrogen-bond acceptors (Lipinski definition) is 4. The van der Waals surface area contributed by atoms with Crippen molar-refractivity contribution >= 4 is 11.8 Å². The van der Waals surface area contributed by atoms with Crippen LogP contribution in [0.5, 0.6) is 5.75 Å². The predicted octanol–water partition coefficient (Wildman–Crippen LogP) is 1.17. The van der Waals surface area contributed by atoms with Crippen molar-refractivity contribution in [2.24, 2.45) is 0 Å². The third-order valence-corrected chi connectivity index (χ3v) is 4.75. The fraction of sp³-hybridized carbons (Fsp3) is 0.500. The number of carbonyl (C=O) groups is 2. The number of hydrogen-bond donors (Lipinski definition) is 3. The van der Waals surface area contributed by atoms with Gasteiger partial charge in [-0.15, -0.1) is 0 Å². The standard InChI is InChI=1S/C16H21N3O3/c20-13-5-3-12(4-6-13)15(22)18-17-14(21)11-16-7-1-9-19(16)10-2-8-16/h3-6,20H,1-2,7-11H2,(H,17,21)(H,18,22). The Labute approximate surface area is 129 Å². The summed E-state index contributed by atoms with van der Waals surface area (Å²) in [6.07, 6.45) is 4.85. The first-order valence-electron chi connectivity index (χ1n) is 7.72. The first-order chi connectivity index (χ1) is 10.6. The van der Waals surface area contributed by atoms with E-state index < -0.39 is 0 Å². The van der Waals surface area contributed by atoms with E-state index in [1.807, 2.05) is 0 Å². The van der Waals surface area contributed by atoms with Crippen molar-refractivity contribution < 1.29 is 14.7 Å². The molecule has 0 spiro atoms. The van der Waals surface area contributed by atoms with Crippen LogP contribution in [-0.4, -0.2) is 40.4 Å². The van der Waals surface area contributed by atoms with Crippen LogP contribution in [0.1, 0.15) is 42.5 Å². The summed E-state index contributed by atoms with van der Waals surface area (Å²) >= 11 is 0. The lowest BCUT2D eigenvalue weighted by atomic mass is 9.90.